The van der Waals surface area contributed by atoms with Gasteiger partial charge in [-0.15, -0.1) is 0 Å². The van der Waals surface area contributed by atoms with Crippen LogP contribution in [0.5, 0.6) is 0 Å². The van der Waals surface area contributed by atoms with Crippen LogP contribution in [0.1, 0.15) is 48.2 Å². The third-order valence-electron chi connectivity index (χ3n) is 6.10. The molecule has 0 saturated heterocycles. The van der Waals surface area contributed by atoms with Crippen LogP contribution in [0.25, 0.3) is 22.2 Å². The quantitative estimate of drug-likeness (QED) is 0.467. The molecule has 2 N–H and O–H groups in total. The largest absolute Gasteiger partial charge is 0.389 e. The Balaban J connectivity index is 1.42. The summed E-state index contributed by atoms with van der Waals surface area (Å²) in [6.07, 6.45) is 1.68. The second kappa shape index (κ2) is 7.32. The van der Waals surface area contributed by atoms with Gasteiger partial charge in [-0.1, -0.05) is 42.5 Å². The van der Waals surface area contributed by atoms with Gasteiger partial charge in [0, 0.05) is 12.2 Å². The maximum absolute atomic E-state index is 11.7. The zero-order valence-electron chi connectivity index (χ0n) is 17.4. The molecular weight excluding hydrogens is 408 g/mol. The minimum absolute atomic E-state index is 0.310. The highest BCUT2D eigenvalue weighted by atomic mass is 32.2. The summed E-state index contributed by atoms with van der Waals surface area (Å²) in [6, 6.07) is 21.2. The van der Waals surface area contributed by atoms with Gasteiger partial charge in [-0.05, 0) is 65.8 Å². The first kappa shape index (κ1) is 20.0. The summed E-state index contributed by atoms with van der Waals surface area (Å²) in [5.74, 6) is 1.63. The summed E-state index contributed by atoms with van der Waals surface area (Å²) in [7, 11) is -3.18. The Labute approximate surface area is 181 Å². The normalized spacial score (nSPS) is 19.5. The van der Waals surface area contributed by atoms with Gasteiger partial charge in [-0.2, -0.15) is 0 Å². The Bertz CT molecular complexity index is 1370. The third-order valence-corrected chi connectivity index (χ3v) is 7.23. The molecule has 158 valence electrons. The minimum Gasteiger partial charge on any atom is -0.389 e. The molecule has 5 nitrogen and oxygen atoms in total. The molecule has 3 unspecified atom stereocenters. The third kappa shape index (κ3) is 3.77. The van der Waals surface area contributed by atoms with Gasteiger partial charge in [0.2, 0.25) is 0 Å². The topological polar surface area (TPSA) is 83.0 Å². The predicted octanol–water partition coefficient (Wildman–Crippen LogP) is 4.96. The van der Waals surface area contributed by atoms with Crippen LogP contribution in [0.3, 0.4) is 0 Å². The van der Waals surface area contributed by atoms with Crippen LogP contribution >= 0.6 is 0 Å². The number of nitrogens with one attached hydrogen (secondary N) is 1. The van der Waals surface area contributed by atoms with Crippen LogP contribution in [0.15, 0.2) is 71.6 Å². The first-order valence-electron chi connectivity index (χ1n) is 10.4. The molecule has 6 heteroatoms. The molecule has 3 aromatic carbocycles. The van der Waals surface area contributed by atoms with Crippen molar-refractivity contribution in [2.24, 2.45) is 0 Å². The average molecular weight is 433 g/mol. The molecule has 3 atom stereocenters. The zero-order chi connectivity index (χ0) is 21.8. The molecule has 0 spiro atoms. The van der Waals surface area contributed by atoms with Gasteiger partial charge < -0.3 is 10.1 Å². The van der Waals surface area contributed by atoms with E-state index in [2.05, 4.69) is 17.1 Å². The van der Waals surface area contributed by atoms with Gasteiger partial charge in [0.25, 0.3) is 0 Å². The average Bonchev–Trinajstić information content (AvgIpc) is 3.44. The molecule has 1 aliphatic carbocycles. The molecule has 5 rings (SSSR count). The molecule has 1 aliphatic rings. The standard InChI is InChI=1S/C25H24N2O3S/c1-15(28)19-5-3-4-6-20(19)17-9-12-23-24(13-17)27-25(26-23)22-14-21(22)16-7-10-18(11-8-16)31(2,29)30/h3-13,15,21-22,28H,14H2,1-2H3,(H,26,27). The van der Waals surface area contributed by atoms with E-state index in [-0.39, 0.29) is 0 Å². The highest BCUT2D eigenvalue weighted by Gasteiger charge is 2.41. The smallest absolute Gasteiger partial charge is 0.175 e. The Morgan fingerprint density at radius 3 is 2.48 bits per heavy atom. The van der Waals surface area contributed by atoms with E-state index >= 15 is 0 Å². The van der Waals surface area contributed by atoms with E-state index in [1.54, 1.807) is 19.1 Å². The summed E-state index contributed by atoms with van der Waals surface area (Å²) in [5, 5.41) is 10.1. The van der Waals surface area contributed by atoms with E-state index in [0.717, 1.165) is 45.5 Å². The van der Waals surface area contributed by atoms with Crippen molar-refractivity contribution >= 4 is 20.9 Å². The van der Waals surface area contributed by atoms with E-state index < -0.39 is 15.9 Å². The van der Waals surface area contributed by atoms with Crippen molar-refractivity contribution in [1.29, 1.82) is 0 Å². The molecule has 0 amide bonds. The van der Waals surface area contributed by atoms with Crippen molar-refractivity contribution in [1.82, 2.24) is 9.97 Å². The fraction of sp³-hybridized carbons (Fsp3) is 0.240. The van der Waals surface area contributed by atoms with Crippen molar-refractivity contribution in [3.8, 4) is 11.1 Å². The second-order valence-corrected chi connectivity index (χ2v) is 10.4. The molecule has 1 saturated carbocycles. The fourth-order valence-corrected chi connectivity index (χ4v) is 4.95. The van der Waals surface area contributed by atoms with Gasteiger partial charge in [0.1, 0.15) is 5.82 Å². The van der Waals surface area contributed by atoms with Gasteiger partial charge in [-0.25, -0.2) is 13.4 Å². The molecule has 1 fully saturated rings. The maximum atomic E-state index is 11.7. The molecule has 0 radical (unpaired) electrons. The predicted molar refractivity (Wildman–Crippen MR) is 122 cm³/mol. The number of sulfone groups is 1. The number of aromatic nitrogens is 2. The number of aromatic amines is 1. The number of imidazole rings is 1. The summed E-state index contributed by atoms with van der Waals surface area (Å²) >= 11 is 0. The SMILES string of the molecule is CC(O)c1ccccc1-c1ccc2[nH]c(C3CC3c3ccc(S(C)(=O)=O)cc3)nc2c1. The molecular formula is C25H24N2O3S. The maximum Gasteiger partial charge on any atom is 0.175 e. The number of rotatable bonds is 5. The number of hydrogen-bond donors (Lipinski definition) is 2. The number of nitrogens with zero attached hydrogens (tertiary/aromatic N) is 1. The second-order valence-electron chi connectivity index (χ2n) is 8.41. The van der Waals surface area contributed by atoms with Crippen LogP contribution in [0, 0.1) is 0 Å². The van der Waals surface area contributed by atoms with Crippen LogP contribution in [0.4, 0.5) is 0 Å². The highest BCUT2D eigenvalue weighted by Crippen LogP contribution is 2.54. The lowest BCUT2D eigenvalue weighted by atomic mass is 9.96. The molecule has 1 aromatic heterocycles. The van der Waals surface area contributed by atoms with Crippen LogP contribution in [-0.2, 0) is 9.84 Å². The van der Waals surface area contributed by atoms with E-state index in [9.17, 15) is 13.5 Å². The Morgan fingerprint density at radius 1 is 1.03 bits per heavy atom. The van der Waals surface area contributed by atoms with Gasteiger partial charge in [-0.3, -0.25) is 0 Å². The Kier molecular flexibility index (Phi) is 4.72. The van der Waals surface area contributed by atoms with E-state index in [1.807, 2.05) is 42.5 Å². The number of hydrogen-bond acceptors (Lipinski definition) is 4. The zero-order valence-corrected chi connectivity index (χ0v) is 18.2. The molecule has 31 heavy (non-hydrogen) atoms. The van der Waals surface area contributed by atoms with Gasteiger partial charge in [0.15, 0.2) is 9.84 Å². The van der Waals surface area contributed by atoms with Crippen LogP contribution in [-0.4, -0.2) is 29.7 Å². The molecule has 0 bridgehead atoms. The Morgan fingerprint density at radius 2 is 1.77 bits per heavy atom. The first-order chi connectivity index (χ1) is 14.8. The first-order valence-corrected chi connectivity index (χ1v) is 12.3. The number of benzene rings is 3. The van der Waals surface area contributed by atoms with E-state index in [0.29, 0.717) is 16.7 Å². The molecule has 0 aliphatic heterocycles. The molecule has 4 aromatic rings. The number of fused-ring (bicyclic) bond motifs is 1. The lowest BCUT2D eigenvalue weighted by Crippen LogP contribution is -1.96. The fourth-order valence-electron chi connectivity index (χ4n) is 4.32. The van der Waals surface area contributed by atoms with E-state index in [1.165, 1.54) is 6.26 Å². The number of H-pyrrole nitrogens is 1. The van der Waals surface area contributed by atoms with Crippen molar-refractivity contribution < 1.29 is 13.5 Å². The lowest BCUT2D eigenvalue weighted by molar-refractivity contribution is 0.200. The summed E-state index contributed by atoms with van der Waals surface area (Å²) in [5.41, 5.74) is 5.99. The van der Waals surface area contributed by atoms with Crippen molar-refractivity contribution in [2.45, 2.75) is 36.2 Å². The lowest BCUT2D eigenvalue weighted by Gasteiger charge is -2.11. The van der Waals surface area contributed by atoms with Crippen molar-refractivity contribution in [3.63, 3.8) is 0 Å². The van der Waals surface area contributed by atoms with Crippen molar-refractivity contribution in [3.05, 3.63) is 83.7 Å². The summed E-state index contributed by atoms with van der Waals surface area (Å²) < 4.78 is 23.3. The Hall–Kier alpha value is -2.96. The van der Waals surface area contributed by atoms with Gasteiger partial charge in [0.05, 0.1) is 22.0 Å². The highest BCUT2D eigenvalue weighted by molar-refractivity contribution is 7.90. The van der Waals surface area contributed by atoms with Crippen LogP contribution < -0.4 is 0 Å². The van der Waals surface area contributed by atoms with Gasteiger partial charge >= 0.3 is 0 Å². The van der Waals surface area contributed by atoms with Crippen molar-refractivity contribution in [2.75, 3.05) is 6.26 Å². The summed E-state index contributed by atoms with van der Waals surface area (Å²) in [6.45, 7) is 1.78. The minimum atomic E-state index is -3.18. The number of aliphatic hydroxyl groups is 1. The monoisotopic (exact) mass is 432 g/mol. The molecule has 1 heterocycles. The van der Waals surface area contributed by atoms with E-state index in [4.69, 9.17) is 4.98 Å². The number of aliphatic hydroxyl groups excluding tert-OH is 1. The van der Waals surface area contributed by atoms with Crippen LogP contribution in [0.2, 0.25) is 0 Å². The summed E-state index contributed by atoms with van der Waals surface area (Å²) in [4.78, 5) is 8.66.